The number of nitriles is 1. The highest BCUT2D eigenvalue weighted by molar-refractivity contribution is 6.01. The maximum absolute atomic E-state index is 12.9. The molecule has 3 amide bonds. The summed E-state index contributed by atoms with van der Waals surface area (Å²) in [5, 5.41) is 24.9. The van der Waals surface area contributed by atoms with Gasteiger partial charge in [0, 0.05) is 31.8 Å². The summed E-state index contributed by atoms with van der Waals surface area (Å²) in [6, 6.07) is 11.7. The van der Waals surface area contributed by atoms with Gasteiger partial charge in [-0.2, -0.15) is 5.26 Å². The number of aromatic nitrogens is 2. The molecule has 0 spiro atoms. The lowest BCUT2D eigenvalue weighted by Gasteiger charge is -2.23. The molecule has 202 valence electrons. The molecule has 0 unspecified atom stereocenters. The Morgan fingerprint density at radius 3 is 2.45 bits per heavy atom. The van der Waals surface area contributed by atoms with Gasteiger partial charge in [0.1, 0.15) is 5.75 Å². The van der Waals surface area contributed by atoms with E-state index in [1.54, 1.807) is 37.9 Å². The van der Waals surface area contributed by atoms with Crippen molar-refractivity contribution in [1.82, 2.24) is 9.55 Å². The number of aliphatic hydroxyl groups is 1. The Bertz CT molecular complexity index is 1370. The van der Waals surface area contributed by atoms with Crippen molar-refractivity contribution < 1.29 is 19.4 Å². The van der Waals surface area contributed by atoms with E-state index in [-0.39, 0.29) is 17.3 Å². The molecule has 1 aromatic heterocycles. The van der Waals surface area contributed by atoms with Crippen LogP contribution in [0, 0.1) is 16.7 Å². The Labute approximate surface area is 223 Å². The van der Waals surface area contributed by atoms with Crippen LogP contribution < -0.4 is 20.3 Å². The van der Waals surface area contributed by atoms with Gasteiger partial charge >= 0.3 is 6.03 Å². The van der Waals surface area contributed by atoms with E-state index < -0.39 is 11.6 Å². The fraction of sp³-hybridized carbons (Fsp3) is 0.429. The highest BCUT2D eigenvalue weighted by Gasteiger charge is 2.22. The standard InChI is InChI=1S/C28H36N6O4/c1-27(2,3)16-24(35)33(6)19-9-11-22-21(15-19)30-25(34(22)13-12-28(4,5)37)32-26(36)31-20-10-8-18(17-29)14-23(20)38-7/h8-11,14-15,37H,12-13,16H2,1-7H3,(H2,30,31,32,36). The van der Waals surface area contributed by atoms with Crippen LogP contribution in [0.1, 0.15) is 53.0 Å². The number of imidazole rings is 1. The van der Waals surface area contributed by atoms with E-state index in [0.717, 1.165) is 5.52 Å². The summed E-state index contributed by atoms with van der Waals surface area (Å²) in [6.45, 7) is 9.89. The number of hydrogen-bond acceptors (Lipinski definition) is 6. The van der Waals surface area contributed by atoms with E-state index >= 15 is 0 Å². The van der Waals surface area contributed by atoms with Crippen molar-refractivity contribution >= 4 is 40.3 Å². The molecule has 0 aliphatic heterocycles. The van der Waals surface area contributed by atoms with Gasteiger partial charge in [0.05, 0.1) is 41.1 Å². The van der Waals surface area contributed by atoms with Crippen LogP contribution in [-0.2, 0) is 11.3 Å². The number of amides is 3. The van der Waals surface area contributed by atoms with Gasteiger partial charge in [-0.15, -0.1) is 0 Å². The third-order valence-corrected chi connectivity index (χ3v) is 5.93. The van der Waals surface area contributed by atoms with Gasteiger partial charge in [-0.25, -0.2) is 9.78 Å². The second-order valence-corrected chi connectivity index (χ2v) is 11.1. The molecule has 10 nitrogen and oxygen atoms in total. The van der Waals surface area contributed by atoms with Crippen molar-refractivity contribution in [2.75, 3.05) is 29.7 Å². The molecular weight excluding hydrogens is 484 g/mol. The van der Waals surface area contributed by atoms with Crippen molar-refractivity contribution in [3.63, 3.8) is 0 Å². The SMILES string of the molecule is COc1cc(C#N)ccc1NC(=O)Nc1nc2cc(N(C)C(=O)CC(C)(C)C)ccc2n1CCC(C)(C)O. The number of anilines is 3. The fourth-order valence-corrected chi connectivity index (χ4v) is 3.87. The van der Waals surface area contributed by atoms with E-state index in [2.05, 4.69) is 15.6 Å². The molecule has 0 saturated heterocycles. The van der Waals surface area contributed by atoms with Crippen molar-refractivity contribution in [1.29, 1.82) is 5.26 Å². The van der Waals surface area contributed by atoms with Crippen LogP contribution in [-0.4, -0.2) is 46.4 Å². The molecule has 0 atom stereocenters. The summed E-state index contributed by atoms with van der Waals surface area (Å²) < 4.78 is 7.12. The molecule has 0 bridgehead atoms. The van der Waals surface area contributed by atoms with Crippen molar-refractivity contribution in [2.45, 2.75) is 59.6 Å². The van der Waals surface area contributed by atoms with Gasteiger partial charge in [0.25, 0.3) is 0 Å². The van der Waals surface area contributed by atoms with Gasteiger partial charge in [0.15, 0.2) is 0 Å². The van der Waals surface area contributed by atoms with E-state index in [4.69, 9.17) is 10.00 Å². The zero-order valence-electron chi connectivity index (χ0n) is 23.0. The molecule has 0 fully saturated rings. The van der Waals surface area contributed by atoms with Crippen molar-refractivity contribution in [3.05, 3.63) is 42.0 Å². The molecule has 3 rings (SSSR count). The molecule has 0 aliphatic carbocycles. The average molecular weight is 521 g/mol. The number of nitrogens with one attached hydrogen (secondary N) is 2. The lowest BCUT2D eigenvalue weighted by molar-refractivity contribution is -0.120. The zero-order valence-corrected chi connectivity index (χ0v) is 23.0. The average Bonchev–Trinajstić information content (AvgIpc) is 3.16. The fourth-order valence-electron chi connectivity index (χ4n) is 3.87. The largest absolute Gasteiger partial charge is 0.495 e. The second kappa shape index (κ2) is 11.1. The number of aryl methyl sites for hydroxylation is 1. The minimum atomic E-state index is -0.925. The Balaban J connectivity index is 1.92. The summed E-state index contributed by atoms with van der Waals surface area (Å²) in [4.78, 5) is 32.0. The van der Waals surface area contributed by atoms with E-state index in [0.29, 0.717) is 47.6 Å². The zero-order chi connectivity index (χ0) is 28.3. The topological polar surface area (TPSA) is 133 Å². The molecule has 2 aromatic carbocycles. The normalized spacial score (nSPS) is 11.7. The molecule has 0 aliphatic rings. The Morgan fingerprint density at radius 1 is 1.13 bits per heavy atom. The minimum Gasteiger partial charge on any atom is -0.495 e. The number of hydrogen-bond donors (Lipinski definition) is 3. The van der Waals surface area contributed by atoms with Crippen molar-refractivity contribution in [2.24, 2.45) is 5.41 Å². The first-order valence-electron chi connectivity index (χ1n) is 12.4. The quantitative estimate of drug-likeness (QED) is 0.378. The summed E-state index contributed by atoms with van der Waals surface area (Å²) >= 11 is 0. The number of urea groups is 1. The van der Waals surface area contributed by atoms with Crippen LogP contribution in [0.5, 0.6) is 5.75 Å². The van der Waals surface area contributed by atoms with Crippen LogP contribution in [0.2, 0.25) is 0 Å². The maximum atomic E-state index is 12.9. The molecule has 3 N–H and O–H groups in total. The van der Waals surface area contributed by atoms with Crippen LogP contribution in [0.25, 0.3) is 11.0 Å². The second-order valence-electron chi connectivity index (χ2n) is 11.1. The first kappa shape index (κ1) is 28.5. The lowest BCUT2D eigenvalue weighted by atomic mass is 9.91. The van der Waals surface area contributed by atoms with Gasteiger partial charge in [0.2, 0.25) is 11.9 Å². The monoisotopic (exact) mass is 520 g/mol. The summed E-state index contributed by atoms with van der Waals surface area (Å²) in [5.74, 6) is 0.630. The highest BCUT2D eigenvalue weighted by atomic mass is 16.5. The Hall–Kier alpha value is -4.10. The molecule has 3 aromatic rings. The first-order valence-corrected chi connectivity index (χ1v) is 12.4. The van der Waals surface area contributed by atoms with Crippen molar-refractivity contribution in [3.8, 4) is 11.8 Å². The lowest BCUT2D eigenvalue weighted by Crippen LogP contribution is -2.29. The third kappa shape index (κ3) is 7.23. The molecular formula is C28H36N6O4. The Kier molecular flexibility index (Phi) is 8.32. The number of benzene rings is 2. The number of ether oxygens (including phenoxy) is 1. The molecule has 38 heavy (non-hydrogen) atoms. The van der Waals surface area contributed by atoms with Gasteiger partial charge in [-0.05, 0) is 56.0 Å². The van der Waals surface area contributed by atoms with E-state index in [1.165, 1.54) is 13.2 Å². The third-order valence-electron chi connectivity index (χ3n) is 5.93. The molecule has 10 heteroatoms. The minimum absolute atomic E-state index is 0.00703. The number of fused-ring (bicyclic) bond motifs is 1. The van der Waals surface area contributed by atoms with E-state index in [9.17, 15) is 14.7 Å². The Morgan fingerprint density at radius 2 is 1.84 bits per heavy atom. The van der Waals surface area contributed by atoms with Crippen LogP contribution in [0.15, 0.2) is 36.4 Å². The van der Waals surface area contributed by atoms with Crippen LogP contribution in [0.4, 0.5) is 22.1 Å². The summed E-state index contributed by atoms with van der Waals surface area (Å²) in [6.07, 6.45) is 0.817. The van der Waals surface area contributed by atoms with Gasteiger partial charge < -0.3 is 24.6 Å². The van der Waals surface area contributed by atoms with Gasteiger partial charge in [-0.1, -0.05) is 20.8 Å². The molecule has 0 radical (unpaired) electrons. The van der Waals surface area contributed by atoms with Crippen LogP contribution >= 0.6 is 0 Å². The summed E-state index contributed by atoms with van der Waals surface area (Å²) in [7, 11) is 3.19. The number of methoxy groups -OCH3 is 1. The number of carbonyl (C=O) groups excluding carboxylic acids is 2. The smallest absolute Gasteiger partial charge is 0.326 e. The van der Waals surface area contributed by atoms with Gasteiger partial charge in [-0.3, -0.25) is 10.1 Å². The number of nitrogens with zero attached hydrogens (tertiary/aromatic N) is 4. The van der Waals surface area contributed by atoms with E-state index in [1.807, 2.05) is 49.6 Å². The first-order chi connectivity index (χ1) is 17.7. The number of rotatable bonds is 8. The molecule has 1 heterocycles. The maximum Gasteiger partial charge on any atom is 0.326 e. The predicted octanol–water partition coefficient (Wildman–Crippen LogP) is 5.12. The number of carbonyl (C=O) groups is 2. The molecule has 0 saturated carbocycles. The summed E-state index contributed by atoms with van der Waals surface area (Å²) in [5.41, 5.74) is 1.77. The predicted molar refractivity (Wildman–Crippen MR) is 148 cm³/mol. The van der Waals surface area contributed by atoms with Crippen LogP contribution in [0.3, 0.4) is 0 Å². The highest BCUT2D eigenvalue weighted by Crippen LogP contribution is 2.29.